The van der Waals surface area contributed by atoms with Gasteiger partial charge >= 0.3 is 0 Å². The number of hydrogen-bond donors (Lipinski definition) is 1. The molecule has 23 heavy (non-hydrogen) atoms. The van der Waals surface area contributed by atoms with Gasteiger partial charge in [-0.25, -0.2) is 0 Å². The van der Waals surface area contributed by atoms with Gasteiger partial charge < -0.3 is 19.5 Å². The summed E-state index contributed by atoms with van der Waals surface area (Å²) in [5.74, 6) is 1.85. The average Bonchev–Trinajstić information content (AvgIpc) is 2.80. The third-order valence-electron chi connectivity index (χ3n) is 3.68. The number of methoxy groups -OCH3 is 1. The molecule has 1 aliphatic heterocycles. The molecule has 0 saturated carbocycles. The van der Waals surface area contributed by atoms with Gasteiger partial charge in [0, 0.05) is 23.7 Å². The van der Waals surface area contributed by atoms with Crippen LogP contribution in [0, 0.1) is 6.92 Å². The van der Waals surface area contributed by atoms with Gasteiger partial charge in [0.1, 0.15) is 5.75 Å². The zero-order valence-electron chi connectivity index (χ0n) is 13.2. The Morgan fingerprint density at radius 1 is 1.09 bits per heavy atom. The summed E-state index contributed by atoms with van der Waals surface area (Å²) in [6.45, 7) is 3.19. The molecule has 0 unspecified atom stereocenters. The van der Waals surface area contributed by atoms with E-state index in [0.29, 0.717) is 41.7 Å². The number of aryl methyl sites for hydroxylation is 1. The average molecular weight is 313 g/mol. The molecule has 0 aromatic heterocycles. The second-order valence-corrected chi connectivity index (χ2v) is 5.35. The molecule has 1 N–H and O–H groups in total. The van der Waals surface area contributed by atoms with E-state index in [1.807, 2.05) is 19.1 Å². The van der Waals surface area contributed by atoms with Crippen LogP contribution in [0.3, 0.4) is 0 Å². The first kappa shape index (κ1) is 15.2. The maximum absolute atomic E-state index is 12.4. The van der Waals surface area contributed by atoms with Gasteiger partial charge in [-0.1, -0.05) is 6.07 Å². The summed E-state index contributed by atoms with van der Waals surface area (Å²) in [5.41, 5.74) is 2.19. The fraction of sp³-hybridized carbons (Fsp3) is 0.278. The van der Waals surface area contributed by atoms with E-state index in [4.69, 9.17) is 14.2 Å². The molecule has 0 atom stereocenters. The van der Waals surface area contributed by atoms with Crippen LogP contribution in [0.2, 0.25) is 0 Å². The highest BCUT2D eigenvalue weighted by molar-refractivity contribution is 6.04. The van der Waals surface area contributed by atoms with Gasteiger partial charge in [-0.2, -0.15) is 0 Å². The predicted octanol–water partition coefficient (Wildman–Crippen LogP) is 3.42. The van der Waals surface area contributed by atoms with Crippen LogP contribution >= 0.6 is 0 Å². The Balaban J connectivity index is 1.79. The smallest absolute Gasteiger partial charge is 0.255 e. The second-order valence-electron chi connectivity index (χ2n) is 5.35. The van der Waals surface area contributed by atoms with Gasteiger partial charge in [0.15, 0.2) is 11.5 Å². The van der Waals surface area contributed by atoms with E-state index in [1.54, 1.807) is 31.4 Å². The molecular formula is C18H19NO4. The number of anilines is 1. The third-order valence-corrected chi connectivity index (χ3v) is 3.68. The fourth-order valence-electron chi connectivity index (χ4n) is 2.41. The fourth-order valence-corrected chi connectivity index (χ4v) is 2.41. The summed E-state index contributed by atoms with van der Waals surface area (Å²) in [6.07, 6.45) is 0.847. The summed E-state index contributed by atoms with van der Waals surface area (Å²) in [6, 6.07) is 10.8. The molecule has 0 saturated heterocycles. The number of rotatable bonds is 3. The molecule has 3 rings (SSSR count). The van der Waals surface area contributed by atoms with Crippen LogP contribution in [-0.4, -0.2) is 26.2 Å². The van der Waals surface area contributed by atoms with Crippen molar-refractivity contribution in [1.29, 1.82) is 0 Å². The number of nitrogens with one attached hydrogen (secondary N) is 1. The second kappa shape index (κ2) is 6.60. The summed E-state index contributed by atoms with van der Waals surface area (Å²) >= 11 is 0. The summed E-state index contributed by atoms with van der Waals surface area (Å²) in [4.78, 5) is 12.4. The quantitative estimate of drug-likeness (QED) is 0.943. The molecule has 5 nitrogen and oxygen atoms in total. The van der Waals surface area contributed by atoms with Crippen LogP contribution < -0.4 is 19.5 Å². The molecule has 120 valence electrons. The number of carbonyl (C=O) groups excluding carboxylic acids is 1. The van der Waals surface area contributed by atoms with Crippen molar-refractivity contribution in [2.45, 2.75) is 13.3 Å². The standard InChI is InChI=1S/C18H19NO4/c1-12-4-5-13(10-16(12)21-2)18(20)19-14-6-7-15-17(11-14)23-9-3-8-22-15/h4-7,10-11H,3,8-9H2,1-2H3,(H,19,20). The van der Waals surface area contributed by atoms with E-state index < -0.39 is 0 Å². The summed E-state index contributed by atoms with van der Waals surface area (Å²) < 4.78 is 16.5. The Labute approximate surface area is 135 Å². The van der Waals surface area contributed by atoms with Crippen molar-refractivity contribution in [3.8, 4) is 17.2 Å². The van der Waals surface area contributed by atoms with Gasteiger partial charge in [0.25, 0.3) is 5.91 Å². The maximum atomic E-state index is 12.4. The van der Waals surface area contributed by atoms with Crippen LogP contribution in [-0.2, 0) is 0 Å². The van der Waals surface area contributed by atoms with Crippen molar-refractivity contribution in [2.75, 3.05) is 25.6 Å². The highest BCUT2D eigenvalue weighted by Gasteiger charge is 2.13. The van der Waals surface area contributed by atoms with E-state index in [9.17, 15) is 4.79 Å². The van der Waals surface area contributed by atoms with Crippen molar-refractivity contribution >= 4 is 11.6 Å². The van der Waals surface area contributed by atoms with Crippen molar-refractivity contribution < 1.29 is 19.0 Å². The van der Waals surface area contributed by atoms with E-state index in [2.05, 4.69) is 5.32 Å². The van der Waals surface area contributed by atoms with Crippen molar-refractivity contribution in [3.63, 3.8) is 0 Å². The Morgan fingerprint density at radius 2 is 1.87 bits per heavy atom. The van der Waals surface area contributed by atoms with Gasteiger partial charge in [0.05, 0.1) is 20.3 Å². The van der Waals surface area contributed by atoms with Crippen LogP contribution in [0.1, 0.15) is 22.3 Å². The zero-order valence-corrected chi connectivity index (χ0v) is 13.2. The lowest BCUT2D eigenvalue weighted by Gasteiger charge is -2.11. The Bertz CT molecular complexity index is 727. The molecule has 1 heterocycles. The van der Waals surface area contributed by atoms with Gasteiger partial charge in [-0.15, -0.1) is 0 Å². The van der Waals surface area contributed by atoms with E-state index in [0.717, 1.165) is 12.0 Å². The van der Waals surface area contributed by atoms with Crippen LogP contribution in [0.15, 0.2) is 36.4 Å². The molecule has 1 amide bonds. The van der Waals surface area contributed by atoms with Crippen molar-refractivity contribution in [1.82, 2.24) is 0 Å². The Hall–Kier alpha value is -2.69. The number of hydrogen-bond acceptors (Lipinski definition) is 4. The third kappa shape index (κ3) is 3.39. The Morgan fingerprint density at radius 3 is 2.65 bits per heavy atom. The highest BCUT2D eigenvalue weighted by atomic mass is 16.5. The maximum Gasteiger partial charge on any atom is 0.255 e. The molecule has 2 aromatic rings. The number of fused-ring (bicyclic) bond motifs is 1. The molecular weight excluding hydrogens is 294 g/mol. The van der Waals surface area contributed by atoms with Crippen molar-refractivity contribution in [2.24, 2.45) is 0 Å². The van der Waals surface area contributed by atoms with Crippen LogP contribution in [0.25, 0.3) is 0 Å². The first-order chi connectivity index (χ1) is 11.2. The highest BCUT2D eigenvalue weighted by Crippen LogP contribution is 2.32. The number of benzene rings is 2. The topological polar surface area (TPSA) is 56.8 Å². The van der Waals surface area contributed by atoms with E-state index in [1.165, 1.54) is 0 Å². The van der Waals surface area contributed by atoms with Gasteiger partial charge in [-0.3, -0.25) is 4.79 Å². The minimum absolute atomic E-state index is 0.196. The first-order valence-electron chi connectivity index (χ1n) is 7.53. The molecule has 5 heteroatoms. The SMILES string of the molecule is COc1cc(C(=O)Nc2ccc3c(c2)OCCCO3)ccc1C. The van der Waals surface area contributed by atoms with Gasteiger partial charge in [0.2, 0.25) is 0 Å². The lowest BCUT2D eigenvalue weighted by Crippen LogP contribution is -2.12. The lowest BCUT2D eigenvalue weighted by molar-refractivity contribution is 0.102. The van der Waals surface area contributed by atoms with Gasteiger partial charge in [-0.05, 0) is 36.8 Å². The minimum Gasteiger partial charge on any atom is -0.496 e. The molecule has 0 spiro atoms. The van der Waals surface area contributed by atoms with Crippen LogP contribution in [0.5, 0.6) is 17.2 Å². The molecule has 1 aliphatic rings. The molecule has 0 bridgehead atoms. The van der Waals surface area contributed by atoms with Crippen LogP contribution in [0.4, 0.5) is 5.69 Å². The van der Waals surface area contributed by atoms with Crippen molar-refractivity contribution in [3.05, 3.63) is 47.5 Å². The Kier molecular flexibility index (Phi) is 4.37. The monoisotopic (exact) mass is 313 g/mol. The minimum atomic E-state index is -0.196. The largest absolute Gasteiger partial charge is 0.496 e. The van der Waals surface area contributed by atoms with E-state index in [-0.39, 0.29) is 5.91 Å². The molecule has 0 radical (unpaired) electrons. The predicted molar refractivity (Wildman–Crippen MR) is 87.7 cm³/mol. The summed E-state index contributed by atoms with van der Waals surface area (Å²) in [7, 11) is 1.59. The van der Waals surface area contributed by atoms with E-state index >= 15 is 0 Å². The number of carbonyl (C=O) groups is 1. The lowest BCUT2D eigenvalue weighted by atomic mass is 10.1. The number of ether oxygens (including phenoxy) is 3. The first-order valence-corrected chi connectivity index (χ1v) is 7.53. The normalized spacial score (nSPS) is 13.1. The molecule has 2 aromatic carbocycles. The number of amides is 1. The zero-order chi connectivity index (χ0) is 16.2. The molecule has 0 fully saturated rings. The summed E-state index contributed by atoms with van der Waals surface area (Å²) in [5, 5.41) is 2.87. The molecule has 0 aliphatic carbocycles.